The molecule has 0 spiro atoms. The first-order chi connectivity index (χ1) is 13.2. The highest BCUT2D eigenvalue weighted by atomic mass is 35.5. The molecule has 28 heavy (non-hydrogen) atoms. The van der Waals surface area contributed by atoms with Gasteiger partial charge >= 0.3 is 11.9 Å². The van der Waals surface area contributed by atoms with Gasteiger partial charge in [0.2, 0.25) is 0 Å². The van der Waals surface area contributed by atoms with Gasteiger partial charge < -0.3 is 14.8 Å². The molecule has 0 saturated heterocycles. The van der Waals surface area contributed by atoms with Crippen molar-refractivity contribution in [1.82, 2.24) is 5.32 Å². The molecule has 0 aromatic heterocycles. The van der Waals surface area contributed by atoms with Gasteiger partial charge in [-0.05, 0) is 39.3 Å². The van der Waals surface area contributed by atoms with Crippen LogP contribution in [-0.2, 0) is 19.1 Å². The highest BCUT2D eigenvalue weighted by Gasteiger charge is 2.39. The first-order valence-corrected chi connectivity index (χ1v) is 9.07. The number of halogens is 1. The molecule has 9 heteroatoms. The van der Waals surface area contributed by atoms with Crippen molar-refractivity contribution in [3.63, 3.8) is 0 Å². The van der Waals surface area contributed by atoms with Crippen molar-refractivity contribution in [3.8, 4) is 0 Å². The quantitative estimate of drug-likeness (QED) is 0.435. The summed E-state index contributed by atoms with van der Waals surface area (Å²) in [5, 5.41) is 14.4. The lowest BCUT2D eigenvalue weighted by molar-refractivity contribution is -0.384. The standard InChI is InChI=1S/C19H21ClN2O6/c1-5-27-18(23)15-10(3)21-11(4)16(19(24)28-6-2)17(15)13-9-12(22(25)26)7-8-14(13)20/h7-9,17,21H,5-6H2,1-4H3. The number of esters is 2. The Morgan fingerprint density at radius 3 is 2.04 bits per heavy atom. The number of dihydropyridines is 1. The maximum absolute atomic E-state index is 12.7. The fourth-order valence-corrected chi connectivity index (χ4v) is 3.36. The van der Waals surface area contributed by atoms with Crippen LogP contribution in [0.2, 0.25) is 5.02 Å². The lowest BCUT2D eigenvalue weighted by Gasteiger charge is -2.30. The number of allylic oxidation sites excluding steroid dienone is 2. The van der Waals surface area contributed by atoms with Gasteiger partial charge in [-0.3, -0.25) is 10.1 Å². The average Bonchev–Trinajstić information content (AvgIpc) is 2.61. The molecular formula is C19H21ClN2O6. The third-order valence-electron chi connectivity index (χ3n) is 4.25. The zero-order valence-corrected chi connectivity index (χ0v) is 16.8. The number of hydrogen-bond acceptors (Lipinski definition) is 7. The van der Waals surface area contributed by atoms with Crippen molar-refractivity contribution in [2.45, 2.75) is 33.6 Å². The summed E-state index contributed by atoms with van der Waals surface area (Å²) < 4.78 is 10.3. The summed E-state index contributed by atoms with van der Waals surface area (Å²) in [6, 6.07) is 3.89. The molecule has 1 heterocycles. The third kappa shape index (κ3) is 4.17. The zero-order chi connectivity index (χ0) is 21.0. The van der Waals surface area contributed by atoms with E-state index in [1.165, 1.54) is 18.2 Å². The van der Waals surface area contributed by atoms with Crippen molar-refractivity contribution in [1.29, 1.82) is 0 Å². The molecular weight excluding hydrogens is 388 g/mol. The number of non-ortho nitro benzene ring substituents is 1. The number of nitro groups is 1. The van der Waals surface area contributed by atoms with Crippen molar-refractivity contribution in [2.75, 3.05) is 13.2 Å². The van der Waals surface area contributed by atoms with Crippen LogP contribution in [0.1, 0.15) is 39.2 Å². The summed E-state index contributed by atoms with van der Waals surface area (Å²) in [6.07, 6.45) is 0. The van der Waals surface area contributed by atoms with E-state index in [9.17, 15) is 19.7 Å². The van der Waals surface area contributed by atoms with Crippen LogP contribution in [0, 0.1) is 10.1 Å². The van der Waals surface area contributed by atoms with Crippen LogP contribution in [0.15, 0.2) is 40.7 Å². The van der Waals surface area contributed by atoms with Gasteiger partial charge in [-0.15, -0.1) is 0 Å². The Balaban J connectivity index is 2.76. The Kier molecular flexibility index (Phi) is 6.80. The van der Waals surface area contributed by atoms with Gasteiger partial charge in [0, 0.05) is 28.5 Å². The van der Waals surface area contributed by atoms with Crippen molar-refractivity contribution in [2.24, 2.45) is 0 Å². The summed E-state index contributed by atoms with van der Waals surface area (Å²) >= 11 is 6.33. The summed E-state index contributed by atoms with van der Waals surface area (Å²) in [7, 11) is 0. The van der Waals surface area contributed by atoms with Crippen LogP contribution in [0.5, 0.6) is 0 Å². The van der Waals surface area contributed by atoms with E-state index in [4.69, 9.17) is 21.1 Å². The maximum Gasteiger partial charge on any atom is 0.336 e. The first-order valence-electron chi connectivity index (χ1n) is 8.69. The average molecular weight is 409 g/mol. The van der Waals surface area contributed by atoms with Gasteiger partial charge in [0.05, 0.1) is 35.2 Å². The smallest absolute Gasteiger partial charge is 0.336 e. The van der Waals surface area contributed by atoms with Gasteiger partial charge in [-0.1, -0.05) is 11.6 Å². The number of carbonyl (C=O) groups is 2. The lowest BCUT2D eigenvalue weighted by Crippen LogP contribution is -2.32. The number of benzene rings is 1. The van der Waals surface area contributed by atoms with Crippen LogP contribution < -0.4 is 5.32 Å². The van der Waals surface area contributed by atoms with Gasteiger partial charge in [-0.2, -0.15) is 0 Å². The molecule has 0 bridgehead atoms. The van der Waals surface area contributed by atoms with E-state index >= 15 is 0 Å². The number of hydrogen-bond donors (Lipinski definition) is 1. The van der Waals surface area contributed by atoms with Gasteiger partial charge in [0.25, 0.3) is 5.69 Å². The number of nitrogens with zero attached hydrogens (tertiary/aromatic N) is 1. The van der Waals surface area contributed by atoms with E-state index in [-0.39, 0.29) is 40.6 Å². The van der Waals surface area contributed by atoms with Crippen LogP contribution in [-0.4, -0.2) is 30.1 Å². The Morgan fingerprint density at radius 1 is 1.11 bits per heavy atom. The minimum absolute atomic E-state index is 0.127. The Bertz CT molecular complexity index is 850. The van der Waals surface area contributed by atoms with E-state index in [0.29, 0.717) is 11.4 Å². The number of carbonyl (C=O) groups excluding carboxylic acids is 2. The molecule has 1 aromatic rings. The van der Waals surface area contributed by atoms with Gasteiger partial charge in [-0.25, -0.2) is 9.59 Å². The molecule has 0 unspecified atom stereocenters. The Hall–Kier alpha value is -2.87. The molecule has 0 atom stereocenters. The maximum atomic E-state index is 12.7. The highest BCUT2D eigenvalue weighted by Crippen LogP contribution is 2.42. The molecule has 8 nitrogen and oxygen atoms in total. The van der Waals surface area contributed by atoms with E-state index in [2.05, 4.69) is 5.32 Å². The molecule has 0 fully saturated rings. The van der Waals surface area contributed by atoms with E-state index in [0.717, 1.165) is 0 Å². The SMILES string of the molecule is CCOC(=O)C1=C(C)NC(C)=C(C(=O)OCC)C1c1cc([N+](=O)[O-])ccc1Cl. The summed E-state index contributed by atoms with van der Waals surface area (Å²) in [4.78, 5) is 36.1. The molecule has 1 aliphatic heterocycles. The van der Waals surface area contributed by atoms with Crippen molar-refractivity contribution in [3.05, 3.63) is 61.4 Å². The molecule has 0 aliphatic carbocycles. The molecule has 0 radical (unpaired) electrons. The zero-order valence-electron chi connectivity index (χ0n) is 16.0. The minimum atomic E-state index is -0.966. The minimum Gasteiger partial charge on any atom is -0.463 e. The normalized spacial score (nSPS) is 14.6. The van der Waals surface area contributed by atoms with E-state index in [1.807, 2.05) is 0 Å². The largest absolute Gasteiger partial charge is 0.463 e. The van der Waals surface area contributed by atoms with Crippen LogP contribution in [0.4, 0.5) is 5.69 Å². The fraction of sp³-hybridized carbons (Fsp3) is 0.368. The number of rotatable bonds is 6. The summed E-state index contributed by atoms with van der Waals surface area (Å²) in [6.45, 7) is 6.90. The third-order valence-corrected chi connectivity index (χ3v) is 4.60. The topological polar surface area (TPSA) is 108 Å². The highest BCUT2D eigenvalue weighted by molar-refractivity contribution is 6.31. The molecule has 2 rings (SSSR count). The van der Waals surface area contributed by atoms with Gasteiger partial charge in [0.1, 0.15) is 0 Å². The fourth-order valence-electron chi connectivity index (χ4n) is 3.13. The molecule has 150 valence electrons. The van der Waals surface area contributed by atoms with Crippen LogP contribution in [0.3, 0.4) is 0 Å². The second kappa shape index (κ2) is 8.88. The second-order valence-electron chi connectivity index (χ2n) is 6.04. The van der Waals surface area contributed by atoms with Gasteiger partial charge in [0.15, 0.2) is 0 Å². The molecule has 1 N–H and O–H groups in total. The first kappa shape index (κ1) is 21.4. The summed E-state index contributed by atoms with van der Waals surface area (Å²) in [5.74, 6) is -2.25. The molecule has 1 aromatic carbocycles. The molecule has 0 saturated carbocycles. The number of ether oxygens (including phenoxy) is 2. The van der Waals surface area contributed by atoms with E-state index in [1.54, 1.807) is 27.7 Å². The van der Waals surface area contributed by atoms with Crippen LogP contribution in [0.25, 0.3) is 0 Å². The molecule has 0 amide bonds. The predicted molar refractivity (Wildman–Crippen MR) is 103 cm³/mol. The second-order valence-corrected chi connectivity index (χ2v) is 6.45. The monoisotopic (exact) mass is 408 g/mol. The Labute approximate surface area is 167 Å². The number of nitrogens with one attached hydrogen (secondary N) is 1. The summed E-state index contributed by atoms with van der Waals surface area (Å²) in [5.41, 5.74) is 1.28. The van der Waals surface area contributed by atoms with E-state index < -0.39 is 22.8 Å². The lowest BCUT2D eigenvalue weighted by atomic mass is 9.80. The molecule has 1 aliphatic rings. The van der Waals surface area contributed by atoms with Crippen LogP contribution >= 0.6 is 11.6 Å². The predicted octanol–water partition coefficient (Wildman–Crippen LogP) is 3.61. The van der Waals surface area contributed by atoms with Crippen molar-refractivity contribution < 1.29 is 24.0 Å². The Morgan fingerprint density at radius 2 is 1.61 bits per heavy atom. The van der Waals surface area contributed by atoms with Crippen molar-refractivity contribution >= 4 is 29.2 Å². The number of nitro benzene ring substituents is 1.